The smallest absolute Gasteiger partial charge is 0.320 e. The Morgan fingerprint density at radius 3 is 2.51 bits per heavy atom. The second-order valence-electron chi connectivity index (χ2n) is 9.71. The SMILES string of the molecule is CC(=O)NCCNc1cccc(-c2ncnc(Nc3cccc(CN(C)CC(=O)OC(C)(C)C)c3)n2)c1. The van der Waals surface area contributed by atoms with Gasteiger partial charge < -0.3 is 20.7 Å². The van der Waals surface area contributed by atoms with Crippen LogP contribution in [0.15, 0.2) is 54.9 Å². The summed E-state index contributed by atoms with van der Waals surface area (Å²) in [7, 11) is 1.88. The summed E-state index contributed by atoms with van der Waals surface area (Å²) in [5.74, 6) is 0.651. The topological polar surface area (TPSA) is 121 Å². The minimum absolute atomic E-state index is 0.0564. The molecule has 0 saturated carbocycles. The average molecular weight is 506 g/mol. The number of ether oxygens (including phenoxy) is 1. The molecule has 0 atom stereocenters. The van der Waals surface area contributed by atoms with E-state index in [4.69, 9.17) is 4.74 Å². The van der Waals surface area contributed by atoms with Crippen molar-refractivity contribution in [2.24, 2.45) is 0 Å². The lowest BCUT2D eigenvalue weighted by Gasteiger charge is -2.22. The molecule has 1 amide bonds. The van der Waals surface area contributed by atoms with Gasteiger partial charge in [0.2, 0.25) is 11.9 Å². The molecule has 0 radical (unpaired) electrons. The zero-order valence-corrected chi connectivity index (χ0v) is 22.0. The lowest BCUT2D eigenvalue weighted by atomic mass is 10.2. The number of aromatic nitrogens is 3. The Labute approximate surface area is 217 Å². The Kier molecular flexibility index (Phi) is 9.51. The van der Waals surface area contributed by atoms with Crippen LogP contribution < -0.4 is 16.0 Å². The van der Waals surface area contributed by atoms with Crippen LogP contribution >= 0.6 is 0 Å². The van der Waals surface area contributed by atoms with Gasteiger partial charge in [0.15, 0.2) is 5.82 Å². The van der Waals surface area contributed by atoms with Gasteiger partial charge in [-0.2, -0.15) is 4.98 Å². The number of carbonyl (C=O) groups is 2. The van der Waals surface area contributed by atoms with Crippen LogP contribution in [0.4, 0.5) is 17.3 Å². The van der Waals surface area contributed by atoms with Gasteiger partial charge in [-0.05, 0) is 57.6 Å². The van der Waals surface area contributed by atoms with E-state index >= 15 is 0 Å². The van der Waals surface area contributed by atoms with E-state index in [2.05, 4.69) is 30.9 Å². The van der Waals surface area contributed by atoms with Crippen molar-refractivity contribution in [1.29, 1.82) is 0 Å². The predicted molar refractivity (Wildman–Crippen MR) is 144 cm³/mol. The molecule has 1 heterocycles. The number of likely N-dealkylation sites (N-methyl/N-ethyl adjacent to an activating group) is 1. The number of nitrogens with zero attached hydrogens (tertiary/aromatic N) is 4. The van der Waals surface area contributed by atoms with Crippen LogP contribution in [-0.2, 0) is 20.9 Å². The molecule has 10 nitrogen and oxygen atoms in total. The highest BCUT2D eigenvalue weighted by Crippen LogP contribution is 2.21. The number of amides is 1. The maximum absolute atomic E-state index is 12.1. The van der Waals surface area contributed by atoms with E-state index in [0.29, 0.717) is 31.4 Å². The molecule has 3 rings (SSSR count). The van der Waals surface area contributed by atoms with E-state index in [1.54, 1.807) is 0 Å². The van der Waals surface area contributed by atoms with E-state index in [-0.39, 0.29) is 18.4 Å². The van der Waals surface area contributed by atoms with E-state index < -0.39 is 5.60 Å². The second kappa shape index (κ2) is 12.8. The van der Waals surface area contributed by atoms with E-state index in [1.165, 1.54) is 13.3 Å². The zero-order valence-electron chi connectivity index (χ0n) is 22.0. The molecule has 0 aliphatic carbocycles. The standard InChI is InChI=1S/C27H35N7O3/c1-19(35)28-12-13-29-22-10-7-9-21(15-22)25-30-18-31-26(33-25)32-23-11-6-8-20(14-23)16-34(5)17-24(36)37-27(2,3)4/h6-11,14-15,18,29H,12-13,16-17H2,1-5H3,(H,28,35)(H,30,31,32,33). The molecule has 0 aliphatic rings. The zero-order chi connectivity index (χ0) is 26.8. The number of hydrogen-bond acceptors (Lipinski definition) is 9. The van der Waals surface area contributed by atoms with Crippen LogP contribution in [0.25, 0.3) is 11.4 Å². The van der Waals surface area contributed by atoms with Crippen molar-refractivity contribution < 1.29 is 14.3 Å². The summed E-state index contributed by atoms with van der Waals surface area (Å²) in [5.41, 5.74) is 3.10. The Morgan fingerprint density at radius 1 is 1.00 bits per heavy atom. The number of rotatable bonds is 11. The van der Waals surface area contributed by atoms with Crippen molar-refractivity contribution in [3.63, 3.8) is 0 Å². The van der Waals surface area contributed by atoms with Crippen molar-refractivity contribution in [2.45, 2.75) is 39.8 Å². The van der Waals surface area contributed by atoms with Gasteiger partial charge in [-0.15, -0.1) is 0 Å². The number of carbonyl (C=O) groups excluding carboxylic acids is 2. The number of nitrogens with one attached hydrogen (secondary N) is 3. The van der Waals surface area contributed by atoms with Gasteiger partial charge in [0.05, 0.1) is 6.54 Å². The first-order valence-electron chi connectivity index (χ1n) is 12.1. The Balaban J connectivity index is 1.62. The summed E-state index contributed by atoms with van der Waals surface area (Å²) in [5, 5.41) is 9.27. The second-order valence-corrected chi connectivity index (χ2v) is 9.71. The lowest BCUT2D eigenvalue weighted by Crippen LogP contribution is -2.32. The fraction of sp³-hybridized carbons (Fsp3) is 0.370. The molecule has 0 unspecified atom stereocenters. The van der Waals surface area contributed by atoms with Gasteiger partial charge in [-0.1, -0.05) is 24.3 Å². The summed E-state index contributed by atoms with van der Waals surface area (Å²) in [4.78, 5) is 38.2. The molecule has 37 heavy (non-hydrogen) atoms. The molecule has 0 bridgehead atoms. The third-order valence-corrected chi connectivity index (χ3v) is 4.98. The Bertz CT molecular complexity index is 1210. The predicted octanol–water partition coefficient (Wildman–Crippen LogP) is 3.60. The van der Waals surface area contributed by atoms with Crippen LogP contribution in [0.3, 0.4) is 0 Å². The highest BCUT2D eigenvalue weighted by Gasteiger charge is 2.17. The number of anilines is 3. The van der Waals surface area contributed by atoms with E-state index in [9.17, 15) is 9.59 Å². The summed E-state index contributed by atoms with van der Waals surface area (Å²) in [6, 6.07) is 15.6. The summed E-state index contributed by atoms with van der Waals surface area (Å²) in [6.45, 7) is 9.00. The van der Waals surface area contributed by atoms with Gasteiger partial charge in [0.1, 0.15) is 11.9 Å². The van der Waals surface area contributed by atoms with Crippen LogP contribution in [0.2, 0.25) is 0 Å². The molecule has 0 saturated heterocycles. The van der Waals surface area contributed by atoms with Gasteiger partial charge in [-0.3, -0.25) is 14.5 Å². The Morgan fingerprint density at radius 2 is 1.76 bits per heavy atom. The number of benzene rings is 2. The van der Waals surface area contributed by atoms with Gasteiger partial charge >= 0.3 is 5.97 Å². The third kappa shape index (κ3) is 9.85. The molecule has 1 aromatic heterocycles. The minimum atomic E-state index is -0.503. The van der Waals surface area contributed by atoms with E-state index in [0.717, 1.165) is 22.5 Å². The first-order chi connectivity index (χ1) is 17.6. The molecule has 3 aromatic rings. The monoisotopic (exact) mass is 505 g/mol. The molecule has 196 valence electrons. The maximum Gasteiger partial charge on any atom is 0.320 e. The van der Waals surface area contributed by atoms with Crippen molar-refractivity contribution in [3.05, 3.63) is 60.4 Å². The molecule has 0 fully saturated rings. The molecular formula is C27H35N7O3. The lowest BCUT2D eigenvalue weighted by molar-refractivity contribution is -0.155. The summed E-state index contributed by atoms with van der Waals surface area (Å²) in [6.07, 6.45) is 1.47. The largest absolute Gasteiger partial charge is 0.459 e. The van der Waals surface area contributed by atoms with Crippen LogP contribution in [0, 0.1) is 0 Å². The Hall–Kier alpha value is -4.05. The summed E-state index contributed by atoms with van der Waals surface area (Å²) >= 11 is 0. The van der Waals surface area contributed by atoms with Crippen LogP contribution in [0.5, 0.6) is 0 Å². The third-order valence-electron chi connectivity index (χ3n) is 4.98. The summed E-state index contributed by atoms with van der Waals surface area (Å²) < 4.78 is 5.40. The van der Waals surface area contributed by atoms with Crippen LogP contribution in [-0.4, -0.2) is 64.0 Å². The van der Waals surface area contributed by atoms with Gasteiger partial charge in [0.25, 0.3) is 0 Å². The van der Waals surface area contributed by atoms with Crippen molar-refractivity contribution in [1.82, 2.24) is 25.2 Å². The molecule has 0 aliphatic heterocycles. The molecule has 3 N–H and O–H groups in total. The molecule has 2 aromatic carbocycles. The number of hydrogen-bond donors (Lipinski definition) is 3. The average Bonchev–Trinajstić information content (AvgIpc) is 2.81. The quantitative estimate of drug-likeness (QED) is 0.265. The van der Waals surface area contributed by atoms with Gasteiger partial charge in [0, 0.05) is 43.5 Å². The normalized spacial score (nSPS) is 11.2. The van der Waals surface area contributed by atoms with Crippen molar-refractivity contribution >= 4 is 29.2 Å². The van der Waals surface area contributed by atoms with Crippen molar-refractivity contribution in [3.8, 4) is 11.4 Å². The number of esters is 1. The first-order valence-corrected chi connectivity index (χ1v) is 12.1. The fourth-order valence-electron chi connectivity index (χ4n) is 3.55. The van der Waals surface area contributed by atoms with Gasteiger partial charge in [-0.25, -0.2) is 9.97 Å². The van der Waals surface area contributed by atoms with Crippen molar-refractivity contribution in [2.75, 3.05) is 37.3 Å². The first kappa shape index (κ1) is 27.5. The molecule has 10 heteroatoms. The van der Waals surface area contributed by atoms with E-state index in [1.807, 2.05) is 81.2 Å². The highest BCUT2D eigenvalue weighted by molar-refractivity contribution is 5.73. The maximum atomic E-state index is 12.1. The molecular weight excluding hydrogens is 470 g/mol. The minimum Gasteiger partial charge on any atom is -0.459 e. The van der Waals surface area contributed by atoms with Crippen LogP contribution in [0.1, 0.15) is 33.3 Å². The fourth-order valence-corrected chi connectivity index (χ4v) is 3.55. The molecule has 0 spiro atoms. The highest BCUT2D eigenvalue weighted by atomic mass is 16.6.